The number of para-hydroxylation sites is 1. The summed E-state index contributed by atoms with van der Waals surface area (Å²) in [5, 5.41) is 10.5. The zero-order valence-electron chi connectivity index (χ0n) is 25.7. The van der Waals surface area contributed by atoms with Gasteiger partial charge in [-0.3, -0.25) is 4.79 Å². The van der Waals surface area contributed by atoms with E-state index in [0.717, 1.165) is 5.56 Å². The summed E-state index contributed by atoms with van der Waals surface area (Å²) in [6, 6.07) is 16.3. The van der Waals surface area contributed by atoms with E-state index in [1.807, 2.05) is 6.07 Å². The van der Waals surface area contributed by atoms with Crippen LogP contribution in [0.5, 0.6) is 17.2 Å². The smallest absolute Gasteiger partial charge is 0.338 e. The first-order valence-corrected chi connectivity index (χ1v) is 14.8. The second-order valence-electron chi connectivity index (χ2n) is 9.99. The van der Waals surface area contributed by atoms with E-state index in [1.165, 1.54) is 19.4 Å². The molecule has 0 bridgehead atoms. The highest BCUT2D eigenvalue weighted by Crippen LogP contribution is 2.35. The predicted molar refractivity (Wildman–Crippen MR) is 176 cm³/mol. The number of rotatable bonds is 14. The van der Waals surface area contributed by atoms with Crippen molar-refractivity contribution in [3.05, 3.63) is 113 Å². The molecular formula is C34H35FN4O6S. The van der Waals surface area contributed by atoms with Gasteiger partial charge in [0.15, 0.2) is 23.2 Å². The van der Waals surface area contributed by atoms with Gasteiger partial charge in [-0.25, -0.2) is 14.6 Å². The van der Waals surface area contributed by atoms with Crippen molar-refractivity contribution in [3.8, 4) is 17.2 Å². The maximum absolute atomic E-state index is 14.1. The van der Waals surface area contributed by atoms with E-state index in [4.69, 9.17) is 31.2 Å². The molecule has 1 aliphatic heterocycles. The fourth-order valence-electron chi connectivity index (χ4n) is 4.76. The highest BCUT2D eigenvalue weighted by Gasteiger charge is 2.32. The Balaban J connectivity index is 1.44. The number of hydrogen-bond donors (Lipinski definition) is 3. The fraction of sp³-hybridized carbons (Fsp3) is 0.235. The average molecular weight is 647 g/mol. The standard InChI is InChI=1S/C34H35FN4O6S/c1-5-11-23-16-22(17-28(42-4)32(23)45-19-24-12-7-9-14-26(24)35)18-36-39-29(40)20-44-27-15-10-8-13-25(27)31-30(33(41)43-6-2)21(3)37-34(46)38-31/h5,7-10,12-18,31H,1,6,11,19-20H2,2-4H3,(H,39,40)(H2,37,38,46)/t31-/m0/s1. The third-order valence-electron chi connectivity index (χ3n) is 6.82. The highest BCUT2D eigenvalue weighted by molar-refractivity contribution is 7.80. The molecule has 0 saturated carbocycles. The molecule has 4 rings (SSSR count). The van der Waals surface area contributed by atoms with Gasteiger partial charge in [0.05, 0.1) is 31.5 Å². The van der Waals surface area contributed by atoms with Crippen LogP contribution in [0.3, 0.4) is 0 Å². The zero-order chi connectivity index (χ0) is 33.1. The lowest BCUT2D eigenvalue weighted by Crippen LogP contribution is -2.45. The van der Waals surface area contributed by atoms with Crippen molar-refractivity contribution in [2.45, 2.75) is 32.9 Å². The van der Waals surface area contributed by atoms with Crippen LogP contribution >= 0.6 is 12.2 Å². The third-order valence-corrected chi connectivity index (χ3v) is 7.04. The van der Waals surface area contributed by atoms with Crippen LogP contribution < -0.4 is 30.3 Å². The van der Waals surface area contributed by atoms with Crippen LogP contribution in [0.1, 0.15) is 42.1 Å². The number of methoxy groups -OCH3 is 1. The lowest BCUT2D eigenvalue weighted by atomic mass is 9.95. The van der Waals surface area contributed by atoms with E-state index in [9.17, 15) is 14.0 Å². The van der Waals surface area contributed by atoms with E-state index in [1.54, 1.807) is 68.5 Å². The van der Waals surface area contributed by atoms with Gasteiger partial charge in [0.2, 0.25) is 0 Å². The number of hydrazone groups is 1. The number of ether oxygens (including phenoxy) is 4. The SMILES string of the molecule is C=CCc1cc(C=NNC(=O)COc2ccccc2[C@@H]2NC(=S)NC(C)=C2C(=O)OCC)cc(OC)c1OCc1ccccc1F. The van der Waals surface area contributed by atoms with Crippen molar-refractivity contribution in [1.29, 1.82) is 0 Å². The second-order valence-corrected chi connectivity index (χ2v) is 10.4. The molecule has 240 valence electrons. The Labute approximate surface area is 272 Å². The maximum atomic E-state index is 14.1. The average Bonchev–Trinajstić information content (AvgIpc) is 3.03. The van der Waals surface area contributed by atoms with Crippen LogP contribution in [0, 0.1) is 5.82 Å². The second kappa shape index (κ2) is 16.2. The molecule has 1 atom stereocenters. The summed E-state index contributed by atoms with van der Waals surface area (Å²) < 4.78 is 36.7. The van der Waals surface area contributed by atoms with Crippen molar-refractivity contribution < 1.29 is 32.9 Å². The zero-order valence-corrected chi connectivity index (χ0v) is 26.5. The Hall–Kier alpha value is -5.23. The summed E-state index contributed by atoms with van der Waals surface area (Å²) in [5.41, 5.74) is 5.76. The number of nitrogens with one attached hydrogen (secondary N) is 3. The van der Waals surface area contributed by atoms with Gasteiger partial charge in [-0.15, -0.1) is 6.58 Å². The van der Waals surface area contributed by atoms with E-state index in [-0.39, 0.29) is 25.6 Å². The molecule has 3 aromatic carbocycles. The Morgan fingerprint density at radius 3 is 2.59 bits per heavy atom. The summed E-state index contributed by atoms with van der Waals surface area (Å²) in [6.07, 6.45) is 3.62. The molecule has 0 saturated heterocycles. The highest BCUT2D eigenvalue weighted by atomic mass is 32.1. The summed E-state index contributed by atoms with van der Waals surface area (Å²) in [7, 11) is 1.50. The monoisotopic (exact) mass is 646 g/mol. The lowest BCUT2D eigenvalue weighted by Gasteiger charge is -2.30. The molecule has 12 heteroatoms. The molecule has 0 unspecified atom stereocenters. The van der Waals surface area contributed by atoms with Gasteiger partial charge in [0, 0.05) is 22.4 Å². The molecule has 1 aliphatic rings. The van der Waals surface area contributed by atoms with Crippen molar-refractivity contribution in [2.75, 3.05) is 20.3 Å². The van der Waals surface area contributed by atoms with Crippen molar-refractivity contribution in [2.24, 2.45) is 5.10 Å². The topological polar surface area (TPSA) is 120 Å². The molecule has 46 heavy (non-hydrogen) atoms. The Bertz CT molecular complexity index is 1680. The Morgan fingerprint density at radius 2 is 1.85 bits per heavy atom. The Morgan fingerprint density at radius 1 is 1.09 bits per heavy atom. The largest absolute Gasteiger partial charge is 0.493 e. The number of halogens is 1. The Kier molecular flexibility index (Phi) is 11.8. The predicted octanol–water partition coefficient (Wildman–Crippen LogP) is 5.03. The number of carbonyl (C=O) groups excluding carboxylic acids is 2. The van der Waals surface area contributed by atoms with E-state index < -0.39 is 17.9 Å². The van der Waals surface area contributed by atoms with Gasteiger partial charge in [-0.2, -0.15) is 5.10 Å². The summed E-state index contributed by atoms with van der Waals surface area (Å²) in [6.45, 7) is 7.15. The van der Waals surface area contributed by atoms with Crippen LogP contribution in [0.4, 0.5) is 4.39 Å². The summed E-state index contributed by atoms with van der Waals surface area (Å²) in [4.78, 5) is 25.5. The van der Waals surface area contributed by atoms with Gasteiger partial charge >= 0.3 is 5.97 Å². The normalized spacial score (nSPS) is 14.3. The third kappa shape index (κ3) is 8.48. The molecule has 10 nitrogen and oxygen atoms in total. The van der Waals surface area contributed by atoms with Crippen molar-refractivity contribution >= 4 is 35.4 Å². The van der Waals surface area contributed by atoms with Crippen LogP contribution in [-0.2, 0) is 27.4 Å². The van der Waals surface area contributed by atoms with Gasteiger partial charge in [0.1, 0.15) is 18.2 Å². The minimum Gasteiger partial charge on any atom is -0.493 e. The van der Waals surface area contributed by atoms with E-state index >= 15 is 0 Å². The molecule has 0 aromatic heterocycles. The van der Waals surface area contributed by atoms with E-state index in [2.05, 4.69) is 27.7 Å². The number of hydrogen-bond acceptors (Lipinski definition) is 8. The molecule has 1 heterocycles. The molecule has 3 N–H and O–H groups in total. The molecule has 1 amide bonds. The van der Waals surface area contributed by atoms with Gasteiger partial charge < -0.3 is 29.6 Å². The molecule has 0 radical (unpaired) electrons. The van der Waals surface area contributed by atoms with Gasteiger partial charge in [0.25, 0.3) is 5.91 Å². The quantitative estimate of drug-likeness (QED) is 0.0729. The minimum atomic E-state index is -0.650. The van der Waals surface area contributed by atoms with Crippen LogP contribution in [0.15, 0.2) is 89.7 Å². The molecule has 3 aromatic rings. The van der Waals surface area contributed by atoms with Crippen molar-refractivity contribution in [3.63, 3.8) is 0 Å². The minimum absolute atomic E-state index is 0.0141. The summed E-state index contributed by atoms with van der Waals surface area (Å²) >= 11 is 5.32. The number of thiocarbonyl (C=S) groups is 1. The number of benzene rings is 3. The molecule has 0 fully saturated rings. The lowest BCUT2D eigenvalue weighted by molar-refractivity contribution is -0.139. The van der Waals surface area contributed by atoms with Crippen LogP contribution in [0.2, 0.25) is 0 Å². The fourth-order valence-corrected chi connectivity index (χ4v) is 5.03. The molecule has 0 aliphatic carbocycles. The van der Waals surface area contributed by atoms with Crippen molar-refractivity contribution in [1.82, 2.24) is 16.1 Å². The van der Waals surface area contributed by atoms with E-state index in [0.29, 0.717) is 56.7 Å². The van der Waals surface area contributed by atoms with Crippen LogP contribution in [0.25, 0.3) is 0 Å². The summed E-state index contributed by atoms with van der Waals surface area (Å²) in [5.74, 6) is -0.116. The number of allylic oxidation sites excluding steroid dienone is 2. The first-order chi connectivity index (χ1) is 22.2. The van der Waals surface area contributed by atoms with Gasteiger partial charge in [-0.05, 0) is 62.3 Å². The number of nitrogens with zero attached hydrogens (tertiary/aromatic N) is 1. The van der Waals surface area contributed by atoms with Crippen LogP contribution in [-0.4, -0.2) is 43.5 Å². The molecule has 0 spiro atoms. The number of esters is 1. The maximum Gasteiger partial charge on any atom is 0.338 e. The molecular weight excluding hydrogens is 611 g/mol. The number of carbonyl (C=O) groups is 2. The van der Waals surface area contributed by atoms with Gasteiger partial charge in [-0.1, -0.05) is 42.5 Å². The first-order valence-electron chi connectivity index (χ1n) is 14.4. The number of amides is 1. The first kappa shape index (κ1) is 33.7.